The third-order valence-corrected chi connectivity index (χ3v) is 11.5. The molecular weight excluding hydrogens is 599 g/mol. The van der Waals surface area contributed by atoms with E-state index in [9.17, 15) is 0 Å². The second-order valence-electron chi connectivity index (χ2n) is 13.3. The molecule has 0 radical (unpaired) electrons. The Bertz CT molecular complexity index is 2240. The van der Waals surface area contributed by atoms with Crippen LogP contribution in [0.4, 0.5) is 17.1 Å². The third-order valence-electron chi connectivity index (χ3n) is 10.4. The number of nitrogens with zero attached hydrogens (tertiary/aromatic N) is 1. The first-order chi connectivity index (χ1) is 23.6. The van der Waals surface area contributed by atoms with E-state index in [2.05, 4.69) is 195 Å². The lowest BCUT2D eigenvalue weighted by molar-refractivity contribution is 0.549. The summed E-state index contributed by atoms with van der Waals surface area (Å²) in [5.74, 6) is 0. The molecule has 0 unspecified atom stereocenters. The van der Waals surface area contributed by atoms with Crippen LogP contribution >= 0.6 is 11.8 Å². The fraction of sp³-hybridized carbons (Fsp3) is 0.0870. The molecule has 0 bridgehead atoms. The molecular formula is C46H35NS. The Morgan fingerprint density at radius 3 is 1.48 bits per heavy atom. The van der Waals surface area contributed by atoms with Gasteiger partial charge in [-0.2, -0.15) is 0 Å². The molecule has 0 saturated heterocycles. The maximum absolute atomic E-state index is 2.47. The average Bonchev–Trinajstić information content (AvgIpc) is 3.15. The van der Waals surface area contributed by atoms with E-state index in [1.807, 2.05) is 11.8 Å². The van der Waals surface area contributed by atoms with E-state index < -0.39 is 5.41 Å². The van der Waals surface area contributed by atoms with Crippen molar-refractivity contribution in [3.05, 3.63) is 209 Å². The second-order valence-corrected chi connectivity index (χ2v) is 14.4. The minimum atomic E-state index is -0.423. The summed E-state index contributed by atoms with van der Waals surface area (Å²) in [6.07, 6.45) is 0. The SMILES string of the molecule is CC1(C)c2ccccc2C2(c3ccccc3Sc3ccccc32)c2ccc(N(c3ccccc3)c3ccc(-c4ccccc4)cc3)cc21. The molecule has 1 spiro atoms. The van der Waals surface area contributed by atoms with Gasteiger partial charge in [0.15, 0.2) is 0 Å². The Morgan fingerprint density at radius 1 is 0.375 bits per heavy atom. The van der Waals surface area contributed by atoms with Crippen LogP contribution in [0.5, 0.6) is 0 Å². The highest BCUT2D eigenvalue weighted by atomic mass is 32.2. The van der Waals surface area contributed by atoms with Crippen molar-refractivity contribution >= 4 is 28.8 Å². The summed E-state index contributed by atoms with van der Waals surface area (Å²) in [7, 11) is 0. The molecule has 0 fully saturated rings. The summed E-state index contributed by atoms with van der Waals surface area (Å²) in [6, 6.07) is 64.8. The van der Waals surface area contributed by atoms with E-state index in [1.54, 1.807) is 0 Å². The number of para-hydroxylation sites is 1. The summed E-state index contributed by atoms with van der Waals surface area (Å²) >= 11 is 1.89. The van der Waals surface area contributed by atoms with Crippen molar-refractivity contribution in [2.75, 3.05) is 4.90 Å². The first kappa shape index (κ1) is 28.9. The molecule has 0 aromatic heterocycles. The maximum atomic E-state index is 2.47. The van der Waals surface area contributed by atoms with Crippen LogP contribution < -0.4 is 4.90 Å². The van der Waals surface area contributed by atoms with Gasteiger partial charge in [-0.15, -0.1) is 0 Å². The van der Waals surface area contributed by atoms with Gasteiger partial charge in [-0.25, -0.2) is 0 Å². The lowest BCUT2D eigenvalue weighted by Gasteiger charge is -2.50. The van der Waals surface area contributed by atoms with E-state index in [-0.39, 0.29) is 5.41 Å². The number of benzene rings is 7. The van der Waals surface area contributed by atoms with Gasteiger partial charge in [0.1, 0.15) is 0 Å². The van der Waals surface area contributed by atoms with Crippen LogP contribution in [-0.4, -0.2) is 0 Å². The first-order valence-electron chi connectivity index (χ1n) is 16.7. The molecule has 0 N–H and O–H groups in total. The molecule has 1 heterocycles. The Balaban J connectivity index is 1.30. The lowest BCUT2D eigenvalue weighted by atomic mass is 9.54. The number of fused-ring (bicyclic) bond motifs is 8. The van der Waals surface area contributed by atoms with Gasteiger partial charge >= 0.3 is 0 Å². The summed E-state index contributed by atoms with van der Waals surface area (Å²) in [6.45, 7) is 4.80. The predicted molar refractivity (Wildman–Crippen MR) is 201 cm³/mol. The van der Waals surface area contributed by atoms with Crippen molar-refractivity contribution < 1.29 is 0 Å². The van der Waals surface area contributed by atoms with Crippen LogP contribution in [0.25, 0.3) is 11.1 Å². The van der Waals surface area contributed by atoms with Gasteiger partial charge in [0, 0.05) is 32.3 Å². The zero-order valence-corrected chi connectivity index (χ0v) is 27.9. The summed E-state index contributed by atoms with van der Waals surface area (Å²) in [4.78, 5) is 5.05. The first-order valence-corrected chi connectivity index (χ1v) is 17.5. The molecule has 1 aliphatic carbocycles. The van der Waals surface area contributed by atoms with Gasteiger partial charge in [0.2, 0.25) is 0 Å². The summed E-state index contributed by atoms with van der Waals surface area (Å²) < 4.78 is 0. The largest absolute Gasteiger partial charge is 0.310 e. The zero-order valence-electron chi connectivity index (χ0n) is 27.1. The van der Waals surface area contributed by atoms with Crippen LogP contribution in [0.3, 0.4) is 0 Å². The van der Waals surface area contributed by atoms with Crippen molar-refractivity contribution in [3.8, 4) is 11.1 Å². The monoisotopic (exact) mass is 633 g/mol. The van der Waals surface area contributed by atoms with Crippen molar-refractivity contribution in [3.63, 3.8) is 0 Å². The smallest absolute Gasteiger partial charge is 0.0729 e. The van der Waals surface area contributed by atoms with Gasteiger partial charge in [0.25, 0.3) is 0 Å². The molecule has 48 heavy (non-hydrogen) atoms. The van der Waals surface area contributed by atoms with Crippen LogP contribution in [0.15, 0.2) is 186 Å². The molecule has 230 valence electrons. The lowest BCUT2D eigenvalue weighted by Crippen LogP contribution is -2.43. The van der Waals surface area contributed by atoms with Gasteiger partial charge < -0.3 is 4.90 Å². The molecule has 2 aliphatic rings. The van der Waals surface area contributed by atoms with Gasteiger partial charge in [-0.1, -0.05) is 153 Å². The fourth-order valence-corrected chi connectivity index (χ4v) is 9.39. The molecule has 0 atom stereocenters. The van der Waals surface area contributed by atoms with Crippen LogP contribution in [0.2, 0.25) is 0 Å². The molecule has 0 amide bonds. The minimum absolute atomic E-state index is 0.221. The number of rotatable bonds is 4. The highest BCUT2D eigenvalue weighted by Crippen LogP contribution is 2.62. The van der Waals surface area contributed by atoms with Gasteiger partial charge in [0.05, 0.1) is 5.41 Å². The minimum Gasteiger partial charge on any atom is -0.310 e. The van der Waals surface area contributed by atoms with Crippen LogP contribution in [0.1, 0.15) is 47.2 Å². The predicted octanol–water partition coefficient (Wildman–Crippen LogP) is 12.3. The van der Waals surface area contributed by atoms with Gasteiger partial charge in [-0.05, 0) is 93.0 Å². The van der Waals surface area contributed by atoms with E-state index >= 15 is 0 Å². The Kier molecular flexibility index (Phi) is 6.71. The number of hydrogen-bond donors (Lipinski definition) is 0. The molecule has 9 rings (SSSR count). The van der Waals surface area contributed by atoms with Crippen LogP contribution in [-0.2, 0) is 10.8 Å². The number of hydrogen-bond acceptors (Lipinski definition) is 2. The normalized spacial score (nSPS) is 14.7. The zero-order chi connectivity index (χ0) is 32.3. The second kappa shape index (κ2) is 11.1. The van der Waals surface area contributed by atoms with Crippen molar-refractivity contribution in [2.24, 2.45) is 0 Å². The Hall–Kier alpha value is -5.31. The molecule has 0 saturated carbocycles. The molecule has 2 heteroatoms. The Labute approximate surface area is 287 Å². The fourth-order valence-electron chi connectivity index (χ4n) is 8.19. The average molecular weight is 634 g/mol. The van der Waals surface area contributed by atoms with E-state index in [4.69, 9.17) is 0 Å². The van der Waals surface area contributed by atoms with E-state index in [1.165, 1.54) is 54.3 Å². The van der Waals surface area contributed by atoms with E-state index in [0.717, 1.165) is 17.1 Å². The molecule has 7 aromatic carbocycles. The standard InChI is InChI=1S/C46H35NS/c1-45(2)37-19-9-10-20-38(37)46(40-21-11-13-23-43(40)48-44-24-14-12-22-41(44)46)39-30-29-36(31-42(39)45)47(34-17-7-4-8-18-34)35-27-25-33(26-28-35)32-15-5-3-6-16-32/h3-31H,1-2H3. The maximum Gasteiger partial charge on any atom is 0.0729 e. The van der Waals surface area contributed by atoms with Gasteiger partial charge in [-0.3, -0.25) is 0 Å². The van der Waals surface area contributed by atoms with E-state index in [0.29, 0.717) is 0 Å². The quantitative estimate of drug-likeness (QED) is 0.190. The summed E-state index contributed by atoms with van der Waals surface area (Å²) in [5, 5.41) is 0. The van der Waals surface area contributed by atoms with Crippen molar-refractivity contribution in [1.29, 1.82) is 0 Å². The van der Waals surface area contributed by atoms with Crippen molar-refractivity contribution in [2.45, 2.75) is 34.5 Å². The number of anilines is 3. The Morgan fingerprint density at radius 2 is 0.833 bits per heavy atom. The topological polar surface area (TPSA) is 3.24 Å². The molecule has 1 nitrogen and oxygen atoms in total. The van der Waals surface area contributed by atoms with Crippen molar-refractivity contribution in [1.82, 2.24) is 0 Å². The van der Waals surface area contributed by atoms with Crippen LogP contribution in [0, 0.1) is 0 Å². The highest BCUT2D eigenvalue weighted by Gasteiger charge is 2.52. The third kappa shape index (κ3) is 4.26. The molecule has 7 aromatic rings. The highest BCUT2D eigenvalue weighted by molar-refractivity contribution is 7.99. The molecule has 1 aliphatic heterocycles. The summed E-state index contributed by atoms with van der Waals surface area (Å²) in [5.41, 5.74) is 13.4.